The summed E-state index contributed by atoms with van der Waals surface area (Å²) in [6.07, 6.45) is 8.53. The number of hydrogen-bond acceptors (Lipinski definition) is 7. The highest BCUT2D eigenvalue weighted by Gasteiger charge is 2.33. The van der Waals surface area contributed by atoms with Crippen molar-refractivity contribution in [1.82, 2.24) is 4.98 Å². The standard InChI is InChI=1S/C30H35N3O3S2/c1-20-9-7-17-30(5,19-20)27-26(21-11-13-22(14-12-21)29(2,3)4)31-28(38-27)32(6)18-8-10-23(34)24-15-16-25(37-24)33(35)36/h7,9,11-17H,8,10,18-19H2,1-6H3. The zero-order chi connectivity index (χ0) is 27.7. The number of thiophene rings is 1. The Morgan fingerprint density at radius 2 is 1.87 bits per heavy atom. The van der Waals surface area contributed by atoms with E-state index in [0.717, 1.165) is 34.1 Å². The molecule has 38 heavy (non-hydrogen) atoms. The highest BCUT2D eigenvalue weighted by atomic mass is 32.1. The number of allylic oxidation sites excluding steroid dienone is 4. The molecule has 0 radical (unpaired) electrons. The molecule has 1 unspecified atom stereocenters. The van der Waals surface area contributed by atoms with Gasteiger partial charge in [-0.15, -0.1) is 11.3 Å². The summed E-state index contributed by atoms with van der Waals surface area (Å²) in [6.45, 7) is 11.8. The molecule has 2 aromatic heterocycles. The highest BCUT2D eigenvalue weighted by Crippen LogP contribution is 2.45. The second-order valence-electron chi connectivity index (χ2n) is 11.3. The van der Waals surface area contributed by atoms with Gasteiger partial charge >= 0.3 is 5.00 Å². The van der Waals surface area contributed by atoms with Crippen molar-refractivity contribution in [2.45, 2.75) is 64.7 Å². The zero-order valence-corrected chi connectivity index (χ0v) is 24.5. The molecule has 0 N–H and O–H groups in total. The second-order valence-corrected chi connectivity index (χ2v) is 13.4. The van der Waals surface area contributed by atoms with Gasteiger partial charge in [0.25, 0.3) is 0 Å². The molecule has 1 atom stereocenters. The third-order valence-corrected chi connectivity index (χ3v) is 9.45. The summed E-state index contributed by atoms with van der Waals surface area (Å²) in [5.41, 5.74) is 4.71. The number of carbonyl (C=O) groups excluding carboxylic acids is 1. The topological polar surface area (TPSA) is 76.3 Å². The number of anilines is 1. The molecule has 2 heterocycles. The van der Waals surface area contributed by atoms with Crippen molar-refractivity contribution in [1.29, 1.82) is 0 Å². The second kappa shape index (κ2) is 10.9. The third kappa shape index (κ3) is 6.13. The van der Waals surface area contributed by atoms with E-state index in [9.17, 15) is 14.9 Å². The van der Waals surface area contributed by atoms with Crippen LogP contribution in [0.5, 0.6) is 0 Å². The first kappa shape index (κ1) is 27.9. The molecule has 1 aliphatic rings. The van der Waals surface area contributed by atoms with Gasteiger partial charge in [0.05, 0.1) is 15.5 Å². The van der Waals surface area contributed by atoms with Crippen LogP contribution in [0.15, 0.2) is 60.2 Å². The lowest BCUT2D eigenvalue weighted by Crippen LogP contribution is -2.21. The van der Waals surface area contributed by atoms with Gasteiger partial charge in [-0.1, -0.05) is 87.1 Å². The molecule has 4 rings (SSSR count). The van der Waals surface area contributed by atoms with Crippen LogP contribution in [0.2, 0.25) is 0 Å². The lowest BCUT2D eigenvalue weighted by Gasteiger charge is -2.28. The molecule has 0 spiro atoms. The maximum atomic E-state index is 12.6. The van der Waals surface area contributed by atoms with Crippen LogP contribution in [0.1, 0.15) is 74.0 Å². The molecule has 0 aliphatic heterocycles. The molecule has 0 bridgehead atoms. The van der Waals surface area contributed by atoms with Crippen molar-refractivity contribution in [2.75, 3.05) is 18.5 Å². The maximum Gasteiger partial charge on any atom is 0.324 e. The van der Waals surface area contributed by atoms with Crippen LogP contribution < -0.4 is 4.90 Å². The van der Waals surface area contributed by atoms with Gasteiger partial charge < -0.3 is 4.90 Å². The number of Topliss-reactive ketones (excluding diaryl/α,β-unsaturated/α-hetero) is 1. The molecule has 200 valence electrons. The molecule has 0 fully saturated rings. The Kier molecular flexibility index (Phi) is 8.04. The Labute approximate surface area is 232 Å². The highest BCUT2D eigenvalue weighted by molar-refractivity contribution is 7.17. The normalized spacial score (nSPS) is 17.4. The quantitative estimate of drug-likeness (QED) is 0.152. The van der Waals surface area contributed by atoms with Gasteiger partial charge in [-0.3, -0.25) is 14.9 Å². The van der Waals surface area contributed by atoms with Crippen LogP contribution in [0, 0.1) is 10.1 Å². The van der Waals surface area contributed by atoms with Crippen molar-refractivity contribution in [3.8, 4) is 11.3 Å². The number of carbonyl (C=O) groups is 1. The van der Waals surface area contributed by atoms with Crippen molar-refractivity contribution in [3.05, 3.63) is 85.6 Å². The molecule has 1 aliphatic carbocycles. The number of hydrogen-bond donors (Lipinski definition) is 0. The van der Waals surface area contributed by atoms with E-state index in [-0.39, 0.29) is 21.6 Å². The van der Waals surface area contributed by atoms with Crippen molar-refractivity contribution < 1.29 is 9.72 Å². The fourth-order valence-corrected chi connectivity index (χ4v) is 6.72. The van der Waals surface area contributed by atoms with Gasteiger partial charge in [-0.25, -0.2) is 4.98 Å². The average molecular weight is 550 g/mol. The third-order valence-electron chi connectivity index (χ3n) is 6.92. The van der Waals surface area contributed by atoms with Crippen LogP contribution in [-0.4, -0.2) is 29.3 Å². The van der Waals surface area contributed by atoms with E-state index in [4.69, 9.17) is 4.98 Å². The van der Waals surface area contributed by atoms with Crippen LogP contribution in [-0.2, 0) is 10.8 Å². The summed E-state index contributed by atoms with van der Waals surface area (Å²) >= 11 is 2.66. The number of rotatable bonds is 9. The van der Waals surface area contributed by atoms with Gasteiger partial charge in [-0.05, 0) is 36.8 Å². The Morgan fingerprint density at radius 3 is 2.47 bits per heavy atom. The molecule has 0 amide bonds. The number of ketones is 1. The largest absolute Gasteiger partial charge is 0.351 e. The van der Waals surface area contributed by atoms with Crippen LogP contribution >= 0.6 is 22.7 Å². The first-order valence-corrected chi connectivity index (χ1v) is 14.5. The van der Waals surface area contributed by atoms with Gasteiger partial charge in [-0.2, -0.15) is 0 Å². The summed E-state index contributed by atoms with van der Waals surface area (Å²) in [4.78, 5) is 32.0. The van der Waals surface area contributed by atoms with E-state index in [1.165, 1.54) is 22.1 Å². The number of aromatic nitrogens is 1. The van der Waals surface area contributed by atoms with E-state index >= 15 is 0 Å². The summed E-state index contributed by atoms with van der Waals surface area (Å²) in [6, 6.07) is 11.7. The van der Waals surface area contributed by atoms with Crippen LogP contribution in [0.4, 0.5) is 10.1 Å². The molecular formula is C30H35N3O3S2. The Morgan fingerprint density at radius 1 is 1.16 bits per heavy atom. The molecule has 0 saturated heterocycles. The average Bonchev–Trinajstić information content (AvgIpc) is 3.52. The fraction of sp³-hybridized carbons (Fsp3) is 0.400. The minimum atomic E-state index is -0.456. The minimum Gasteiger partial charge on any atom is -0.351 e. The van der Waals surface area contributed by atoms with Gasteiger partial charge in [0.1, 0.15) is 0 Å². The smallest absolute Gasteiger partial charge is 0.324 e. The van der Waals surface area contributed by atoms with E-state index in [1.807, 2.05) is 7.05 Å². The Hall–Kier alpha value is -3.10. The SMILES string of the molecule is CC1=CC=CC(C)(c2sc(N(C)CCCC(=O)c3ccc([N+](=O)[O-])s3)nc2-c2ccc(C(C)(C)C)cc2)C1. The Bertz CT molecular complexity index is 1390. The predicted octanol–water partition coefficient (Wildman–Crippen LogP) is 8.34. The lowest BCUT2D eigenvalue weighted by atomic mass is 9.78. The maximum absolute atomic E-state index is 12.6. The van der Waals surface area contributed by atoms with Gasteiger partial charge in [0, 0.05) is 41.9 Å². The first-order valence-electron chi connectivity index (χ1n) is 12.8. The van der Waals surface area contributed by atoms with Crippen LogP contribution in [0.25, 0.3) is 11.3 Å². The van der Waals surface area contributed by atoms with Gasteiger partial charge in [0.2, 0.25) is 0 Å². The summed E-state index contributed by atoms with van der Waals surface area (Å²) in [5, 5.41) is 11.9. The number of nitro groups is 1. The van der Waals surface area contributed by atoms with Crippen molar-refractivity contribution >= 4 is 38.6 Å². The fourth-order valence-electron chi connectivity index (χ4n) is 4.73. The first-order chi connectivity index (χ1) is 17.9. The zero-order valence-electron chi connectivity index (χ0n) is 22.9. The van der Waals surface area contributed by atoms with E-state index < -0.39 is 4.92 Å². The van der Waals surface area contributed by atoms with Gasteiger partial charge in [0.15, 0.2) is 10.9 Å². The Balaban J connectivity index is 1.55. The molecule has 3 aromatic rings. The van der Waals surface area contributed by atoms with E-state index in [0.29, 0.717) is 24.3 Å². The number of benzene rings is 1. The summed E-state index contributed by atoms with van der Waals surface area (Å²) < 4.78 is 0. The molecule has 8 heteroatoms. The molecular weight excluding hydrogens is 514 g/mol. The summed E-state index contributed by atoms with van der Waals surface area (Å²) in [5.74, 6) is -0.0573. The molecule has 0 saturated carbocycles. The number of thiazole rings is 1. The van der Waals surface area contributed by atoms with E-state index in [1.54, 1.807) is 17.4 Å². The van der Waals surface area contributed by atoms with Crippen molar-refractivity contribution in [3.63, 3.8) is 0 Å². The van der Waals surface area contributed by atoms with Crippen molar-refractivity contribution in [2.24, 2.45) is 0 Å². The lowest BCUT2D eigenvalue weighted by molar-refractivity contribution is -0.380. The molecule has 6 nitrogen and oxygen atoms in total. The minimum absolute atomic E-state index is 0.000756. The predicted molar refractivity (Wildman–Crippen MR) is 159 cm³/mol. The monoisotopic (exact) mass is 549 g/mol. The molecule has 1 aromatic carbocycles. The number of nitrogens with zero attached hydrogens (tertiary/aromatic N) is 3. The summed E-state index contributed by atoms with van der Waals surface area (Å²) in [7, 11) is 2.01. The van der Waals surface area contributed by atoms with E-state index in [2.05, 4.69) is 82.0 Å². The van der Waals surface area contributed by atoms with Crippen LogP contribution in [0.3, 0.4) is 0 Å².